The fraction of sp³-hybridized carbons (Fsp3) is 0.423. The Kier molecular flexibility index (Phi) is 7.69. The number of piperidine rings is 1. The number of hydrogen-bond donors (Lipinski definition) is 2. The molecule has 0 aliphatic carbocycles. The molecule has 2 unspecified atom stereocenters. The minimum Gasteiger partial charge on any atom is -0.368 e. The van der Waals surface area contributed by atoms with E-state index in [4.69, 9.17) is 27.4 Å². The smallest absolute Gasteiger partial charge is 0.256 e. The number of aliphatic imine (C=N–C) groups is 2. The van der Waals surface area contributed by atoms with Gasteiger partial charge >= 0.3 is 0 Å². The summed E-state index contributed by atoms with van der Waals surface area (Å²) in [5, 5.41) is 5.14. The van der Waals surface area contributed by atoms with Gasteiger partial charge in [0.15, 0.2) is 5.65 Å². The molecule has 1 amide bonds. The molecule has 1 aromatic carbocycles. The first kappa shape index (κ1) is 27.8. The Balaban J connectivity index is 1.44. The van der Waals surface area contributed by atoms with Gasteiger partial charge in [-0.1, -0.05) is 11.6 Å². The summed E-state index contributed by atoms with van der Waals surface area (Å²) >= 11 is 6.21. The second-order valence-electron chi connectivity index (χ2n) is 10.2. The number of amides is 1. The molecule has 0 bridgehead atoms. The fourth-order valence-electron chi connectivity index (χ4n) is 5.39. The number of nitrogens with zero attached hydrogens (tertiary/aromatic N) is 7. The van der Waals surface area contributed by atoms with Crippen molar-refractivity contribution < 1.29 is 13.2 Å². The van der Waals surface area contributed by atoms with Gasteiger partial charge in [0.25, 0.3) is 5.91 Å². The molecule has 2 aliphatic rings. The molecule has 3 N–H and O–H groups in total. The molecule has 3 aromatic rings. The second kappa shape index (κ2) is 11.0. The van der Waals surface area contributed by atoms with Crippen LogP contribution in [0.2, 0.25) is 5.02 Å². The summed E-state index contributed by atoms with van der Waals surface area (Å²) in [5.41, 5.74) is 8.50. The molecule has 14 heteroatoms. The number of rotatable bonds is 6. The molecular weight excluding hydrogens is 554 g/mol. The van der Waals surface area contributed by atoms with Crippen molar-refractivity contribution >= 4 is 57.4 Å². The van der Waals surface area contributed by atoms with E-state index in [1.54, 1.807) is 15.5 Å². The number of guanidine groups is 1. The number of likely N-dealkylation sites (tertiary alicyclic amines) is 1. The van der Waals surface area contributed by atoms with Crippen molar-refractivity contribution in [3.8, 4) is 0 Å². The SMILES string of the molecule is C=NC(N)=NC1CCN(c2nc3cc(C4CCCCN4C(=O)c4cc(Cl)ccc4NS(C)(=O)=O)nn3cc2C)C1. The van der Waals surface area contributed by atoms with Crippen molar-refractivity contribution in [3.63, 3.8) is 0 Å². The number of nitrogens with one attached hydrogen (secondary N) is 1. The second-order valence-corrected chi connectivity index (χ2v) is 12.4. The average Bonchev–Trinajstić information content (AvgIpc) is 3.54. The third-order valence-electron chi connectivity index (χ3n) is 7.18. The molecule has 0 saturated carbocycles. The third kappa shape index (κ3) is 5.89. The number of halogens is 1. The van der Waals surface area contributed by atoms with E-state index in [-0.39, 0.29) is 35.2 Å². The van der Waals surface area contributed by atoms with E-state index in [1.807, 2.05) is 19.2 Å². The van der Waals surface area contributed by atoms with Crippen LogP contribution in [0.1, 0.15) is 53.3 Å². The monoisotopic (exact) mass is 585 g/mol. The predicted molar refractivity (Wildman–Crippen MR) is 157 cm³/mol. The zero-order chi connectivity index (χ0) is 28.6. The van der Waals surface area contributed by atoms with Gasteiger partial charge in [0.1, 0.15) is 5.82 Å². The first-order chi connectivity index (χ1) is 19.0. The molecule has 2 aromatic heterocycles. The van der Waals surface area contributed by atoms with E-state index in [0.29, 0.717) is 23.8 Å². The number of aromatic nitrogens is 3. The zero-order valence-electron chi connectivity index (χ0n) is 22.4. The highest BCUT2D eigenvalue weighted by molar-refractivity contribution is 7.92. The van der Waals surface area contributed by atoms with Crippen molar-refractivity contribution in [2.45, 2.75) is 44.7 Å². The number of nitrogens with two attached hydrogens (primary N) is 1. The van der Waals surface area contributed by atoms with E-state index in [9.17, 15) is 13.2 Å². The number of hydrogen-bond acceptors (Lipinski definition) is 7. The summed E-state index contributed by atoms with van der Waals surface area (Å²) < 4.78 is 28.1. The van der Waals surface area contributed by atoms with Gasteiger partial charge in [0, 0.05) is 42.5 Å². The van der Waals surface area contributed by atoms with Crippen LogP contribution in [-0.2, 0) is 10.0 Å². The maximum Gasteiger partial charge on any atom is 0.256 e. The molecule has 2 fully saturated rings. The molecule has 2 aliphatic heterocycles. The molecule has 0 radical (unpaired) electrons. The van der Waals surface area contributed by atoms with Crippen molar-refractivity contribution in [1.82, 2.24) is 19.5 Å². The van der Waals surface area contributed by atoms with Gasteiger partial charge in [-0.2, -0.15) is 5.10 Å². The predicted octanol–water partition coefficient (Wildman–Crippen LogP) is 3.02. The van der Waals surface area contributed by atoms with Crippen LogP contribution < -0.4 is 15.4 Å². The molecule has 40 heavy (non-hydrogen) atoms. The molecule has 12 nitrogen and oxygen atoms in total. The number of sulfonamides is 1. The van der Waals surface area contributed by atoms with E-state index in [1.165, 1.54) is 12.1 Å². The van der Waals surface area contributed by atoms with Crippen LogP contribution in [0, 0.1) is 6.92 Å². The van der Waals surface area contributed by atoms with Crippen LogP contribution in [0.3, 0.4) is 0 Å². The number of anilines is 2. The topological polar surface area (TPSA) is 151 Å². The number of carbonyl (C=O) groups excluding carboxylic acids is 1. The first-order valence-electron chi connectivity index (χ1n) is 13.0. The van der Waals surface area contributed by atoms with Crippen LogP contribution in [0.25, 0.3) is 5.65 Å². The Morgan fingerprint density at radius 3 is 2.77 bits per heavy atom. The lowest BCUT2D eigenvalue weighted by atomic mass is 9.98. The molecule has 0 spiro atoms. The molecule has 2 saturated heterocycles. The molecule has 5 rings (SSSR count). The molecule has 2 atom stereocenters. The van der Waals surface area contributed by atoms with Crippen LogP contribution in [0.5, 0.6) is 0 Å². The quantitative estimate of drug-likeness (QED) is 0.333. The van der Waals surface area contributed by atoms with Gasteiger partial charge in [-0.15, -0.1) is 0 Å². The third-order valence-corrected chi connectivity index (χ3v) is 8.00. The number of benzene rings is 1. The summed E-state index contributed by atoms with van der Waals surface area (Å²) in [6.07, 6.45) is 6.31. The maximum atomic E-state index is 13.8. The van der Waals surface area contributed by atoms with E-state index >= 15 is 0 Å². The Morgan fingerprint density at radius 2 is 2.02 bits per heavy atom. The average molecular weight is 586 g/mol. The number of fused-ring (bicyclic) bond motifs is 1. The summed E-state index contributed by atoms with van der Waals surface area (Å²) in [6.45, 7) is 7.39. The largest absolute Gasteiger partial charge is 0.368 e. The van der Waals surface area contributed by atoms with Gasteiger partial charge in [0.2, 0.25) is 16.0 Å². The summed E-state index contributed by atoms with van der Waals surface area (Å²) in [4.78, 5) is 30.7. The Bertz CT molecular complexity index is 1600. The minimum atomic E-state index is -3.60. The lowest BCUT2D eigenvalue weighted by Crippen LogP contribution is -2.39. The highest BCUT2D eigenvalue weighted by Crippen LogP contribution is 2.34. The van der Waals surface area contributed by atoms with Gasteiger partial charge in [-0.05, 0) is 57.5 Å². The summed E-state index contributed by atoms with van der Waals surface area (Å²) in [7, 11) is -3.60. The van der Waals surface area contributed by atoms with Gasteiger partial charge in [-0.25, -0.2) is 27.9 Å². The Labute approximate surface area is 238 Å². The lowest BCUT2D eigenvalue weighted by Gasteiger charge is -2.35. The first-order valence-corrected chi connectivity index (χ1v) is 15.3. The minimum absolute atomic E-state index is 0.0266. The van der Waals surface area contributed by atoms with E-state index < -0.39 is 10.0 Å². The Hall–Kier alpha value is -3.71. The summed E-state index contributed by atoms with van der Waals surface area (Å²) in [6, 6.07) is 6.20. The van der Waals surface area contributed by atoms with Gasteiger partial charge in [0.05, 0.1) is 35.3 Å². The highest BCUT2D eigenvalue weighted by atomic mass is 35.5. The highest BCUT2D eigenvalue weighted by Gasteiger charge is 2.33. The maximum absolute atomic E-state index is 13.8. The van der Waals surface area contributed by atoms with Crippen LogP contribution in [0.15, 0.2) is 40.4 Å². The molecule has 4 heterocycles. The van der Waals surface area contributed by atoms with Crippen molar-refractivity contribution in [2.24, 2.45) is 15.7 Å². The van der Waals surface area contributed by atoms with Crippen LogP contribution in [0.4, 0.5) is 11.5 Å². The van der Waals surface area contributed by atoms with Gasteiger partial charge in [-0.3, -0.25) is 9.52 Å². The lowest BCUT2D eigenvalue weighted by molar-refractivity contribution is 0.0607. The fourth-order valence-corrected chi connectivity index (χ4v) is 6.14. The number of aryl methyl sites for hydroxylation is 1. The standard InChI is InChI=1S/C26H32ClN9O3S/c1-16-14-36-23(31-24(16)34-11-9-18(15-34)30-26(28)29-2)13-21(32-36)22-6-4-5-10-35(22)25(37)19-12-17(27)7-8-20(19)33-40(3,38)39/h7-8,12-14,18,22,33H,2,4-6,9-11,15H2,1,3H3,(H2,28,30). The van der Waals surface area contributed by atoms with Crippen LogP contribution >= 0.6 is 11.6 Å². The van der Waals surface area contributed by atoms with Gasteiger partial charge < -0.3 is 15.5 Å². The van der Waals surface area contributed by atoms with Crippen LogP contribution in [-0.4, -0.2) is 78.4 Å². The van der Waals surface area contributed by atoms with E-state index in [0.717, 1.165) is 55.6 Å². The normalized spacial score (nSPS) is 20.2. The Morgan fingerprint density at radius 1 is 1.23 bits per heavy atom. The van der Waals surface area contributed by atoms with Crippen molar-refractivity contribution in [2.75, 3.05) is 35.5 Å². The number of carbonyl (C=O) groups is 1. The zero-order valence-corrected chi connectivity index (χ0v) is 24.0. The van der Waals surface area contributed by atoms with E-state index in [2.05, 4.69) is 26.3 Å². The molecular formula is C26H32ClN9O3S. The van der Waals surface area contributed by atoms with Crippen molar-refractivity contribution in [3.05, 3.63) is 52.3 Å². The molecule has 212 valence electrons. The summed E-state index contributed by atoms with van der Waals surface area (Å²) in [5.74, 6) is 0.738. The van der Waals surface area contributed by atoms with Crippen molar-refractivity contribution in [1.29, 1.82) is 0 Å².